The molecule has 0 saturated heterocycles. The lowest BCUT2D eigenvalue weighted by atomic mass is 10.1. The summed E-state index contributed by atoms with van der Waals surface area (Å²) in [6, 6.07) is 6.57. The Hall–Kier alpha value is -3.36. The lowest BCUT2D eigenvalue weighted by Gasteiger charge is -2.08. The molecule has 27 heavy (non-hydrogen) atoms. The number of carbonyl (C=O) groups is 2. The number of nitro benzene ring substituents is 1. The summed E-state index contributed by atoms with van der Waals surface area (Å²) in [6.07, 6.45) is 1.85. The van der Waals surface area contributed by atoms with E-state index in [1.54, 1.807) is 0 Å². The van der Waals surface area contributed by atoms with Crippen molar-refractivity contribution < 1.29 is 28.0 Å². The van der Waals surface area contributed by atoms with Crippen LogP contribution >= 0.6 is 0 Å². The first-order valence-electron chi connectivity index (χ1n) is 8.05. The van der Waals surface area contributed by atoms with E-state index in [1.807, 2.05) is 0 Å². The number of esters is 1. The monoisotopic (exact) mass is 376 g/mol. The Morgan fingerprint density at radius 2 is 1.81 bits per heavy atom. The van der Waals surface area contributed by atoms with Crippen LogP contribution in [0, 0.1) is 21.7 Å². The zero-order chi connectivity index (χ0) is 19.6. The largest absolute Gasteiger partial charge is 0.454 e. The number of Topliss-reactive ketones (excluding diaryl/α,β-unsaturated/α-hetero) is 1. The molecule has 1 aliphatic rings. The number of halogens is 2. The molecule has 0 radical (unpaired) electrons. The number of nitrogens with one attached hydrogen (secondary N) is 1. The maximum atomic E-state index is 13.2. The number of anilines is 1. The molecule has 1 aliphatic carbocycles. The second-order valence-corrected chi connectivity index (χ2v) is 6.04. The lowest BCUT2D eigenvalue weighted by molar-refractivity contribution is -0.384. The third-order valence-electron chi connectivity index (χ3n) is 3.94. The van der Waals surface area contributed by atoms with Crippen molar-refractivity contribution in [1.82, 2.24) is 0 Å². The molecule has 1 fully saturated rings. The Labute approximate surface area is 152 Å². The van der Waals surface area contributed by atoms with Crippen molar-refractivity contribution in [1.29, 1.82) is 0 Å². The van der Waals surface area contributed by atoms with Gasteiger partial charge in [-0.15, -0.1) is 0 Å². The first kappa shape index (κ1) is 18.4. The Bertz CT molecular complexity index is 928. The normalized spacial score (nSPS) is 13.1. The van der Waals surface area contributed by atoms with Crippen LogP contribution in [0.4, 0.5) is 20.2 Å². The molecule has 140 valence electrons. The van der Waals surface area contributed by atoms with E-state index in [9.17, 15) is 28.5 Å². The van der Waals surface area contributed by atoms with Gasteiger partial charge in [0.05, 0.1) is 10.5 Å². The summed E-state index contributed by atoms with van der Waals surface area (Å²) in [4.78, 5) is 34.6. The minimum Gasteiger partial charge on any atom is -0.454 e. The summed E-state index contributed by atoms with van der Waals surface area (Å²) in [5.41, 5.74) is -0.224. The van der Waals surface area contributed by atoms with Crippen molar-refractivity contribution in [3.05, 3.63) is 69.3 Å². The number of benzene rings is 2. The highest BCUT2D eigenvalue weighted by Gasteiger charge is 2.26. The van der Waals surface area contributed by atoms with Crippen LogP contribution in [0.5, 0.6) is 0 Å². The van der Waals surface area contributed by atoms with Crippen molar-refractivity contribution >= 4 is 23.1 Å². The second kappa shape index (κ2) is 7.48. The maximum Gasteiger partial charge on any atom is 0.338 e. The fraction of sp³-hybridized carbons (Fsp3) is 0.222. The summed E-state index contributed by atoms with van der Waals surface area (Å²) >= 11 is 0. The highest BCUT2D eigenvalue weighted by Crippen LogP contribution is 2.31. The van der Waals surface area contributed by atoms with E-state index < -0.39 is 34.9 Å². The molecule has 0 unspecified atom stereocenters. The predicted molar refractivity (Wildman–Crippen MR) is 90.7 cm³/mol. The minimum atomic E-state index is -1.19. The van der Waals surface area contributed by atoms with Crippen LogP contribution in [0.15, 0.2) is 36.4 Å². The summed E-state index contributed by atoms with van der Waals surface area (Å²) in [7, 11) is 0. The second-order valence-electron chi connectivity index (χ2n) is 6.04. The molecule has 1 N–H and O–H groups in total. The zero-order valence-corrected chi connectivity index (χ0v) is 13.9. The quantitative estimate of drug-likeness (QED) is 0.344. The van der Waals surface area contributed by atoms with E-state index in [1.165, 1.54) is 12.1 Å². The summed E-state index contributed by atoms with van der Waals surface area (Å²) in [5, 5.41) is 14.2. The summed E-state index contributed by atoms with van der Waals surface area (Å²) in [5.74, 6) is -3.96. The molecule has 0 bridgehead atoms. The van der Waals surface area contributed by atoms with Crippen LogP contribution in [0.25, 0.3) is 0 Å². The van der Waals surface area contributed by atoms with Gasteiger partial charge in [-0.2, -0.15) is 0 Å². The average molecular weight is 376 g/mol. The van der Waals surface area contributed by atoms with Crippen molar-refractivity contribution in [3.63, 3.8) is 0 Å². The van der Waals surface area contributed by atoms with Crippen molar-refractivity contribution in [2.75, 3.05) is 11.9 Å². The van der Waals surface area contributed by atoms with Gasteiger partial charge in [0.2, 0.25) is 0 Å². The highest BCUT2D eigenvalue weighted by molar-refractivity contribution is 5.99. The van der Waals surface area contributed by atoms with Crippen molar-refractivity contribution in [2.45, 2.75) is 18.9 Å². The van der Waals surface area contributed by atoms with Gasteiger partial charge in [-0.3, -0.25) is 14.9 Å². The van der Waals surface area contributed by atoms with Gasteiger partial charge < -0.3 is 10.1 Å². The standard InChI is InChI=1S/C18H14F2N2O5/c19-13-5-1-10(7-14(13)20)17(23)9-27-18(24)11-2-6-15(21-12-3-4-12)16(8-11)22(25)26/h1-2,5-8,12,21H,3-4,9H2. The molecule has 0 aromatic heterocycles. The number of carbonyl (C=O) groups excluding carboxylic acids is 2. The van der Waals surface area contributed by atoms with Gasteiger partial charge in [-0.05, 0) is 43.2 Å². The molecular weight excluding hydrogens is 362 g/mol. The number of nitro groups is 1. The molecule has 1 saturated carbocycles. The molecule has 7 nitrogen and oxygen atoms in total. The van der Waals surface area contributed by atoms with Crippen LogP contribution in [0.1, 0.15) is 33.6 Å². The van der Waals surface area contributed by atoms with Gasteiger partial charge in [0.25, 0.3) is 5.69 Å². The van der Waals surface area contributed by atoms with Gasteiger partial charge in [-0.1, -0.05) is 0 Å². The summed E-state index contributed by atoms with van der Waals surface area (Å²) in [6.45, 7) is -0.709. The number of hydrogen-bond donors (Lipinski definition) is 1. The molecule has 0 heterocycles. The molecule has 2 aromatic rings. The average Bonchev–Trinajstić information content (AvgIpc) is 3.45. The van der Waals surface area contributed by atoms with Gasteiger partial charge in [0.15, 0.2) is 24.0 Å². The van der Waals surface area contributed by atoms with E-state index in [4.69, 9.17) is 4.74 Å². The van der Waals surface area contributed by atoms with E-state index in [-0.39, 0.29) is 22.9 Å². The number of rotatable bonds is 7. The highest BCUT2D eigenvalue weighted by atomic mass is 19.2. The SMILES string of the molecule is O=C(COC(=O)c1ccc(NC2CC2)c([N+](=O)[O-])c1)c1ccc(F)c(F)c1. The first-order chi connectivity index (χ1) is 12.8. The molecule has 2 aromatic carbocycles. The Morgan fingerprint density at radius 1 is 1.11 bits per heavy atom. The molecule has 0 amide bonds. The van der Waals surface area contributed by atoms with Crippen LogP contribution in [-0.2, 0) is 4.74 Å². The maximum absolute atomic E-state index is 13.2. The van der Waals surface area contributed by atoms with E-state index >= 15 is 0 Å². The van der Waals surface area contributed by atoms with E-state index in [0.29, 0.717) is 11.8 Å². The Kier molecular flexibility index (Phi) is 5.11. The van der Waals surface area contributed by atoms with Crippen LogP contribution in [-0.4, -0.2) is 29.3 Å². The molecule has 0 atom stereocenters. The van der Waals surface area contributed by atoms with Crippen LogP contribution in [0.2, 0.25) is 0 Å². The third-order valence-corrected chi connectivity index (χ3v) is 3.94. The number of hydrogen-bond acceptors (Lipinski definition) is 6. The van der Waals surface area contributed by atoms with Crippen molar-refractivity contribution in [3.8, 4) is 0 Å². The molecular formula is C18H14F2N2O5. The fourth-order valence-corrected chi connectivity index (χ4v) is 2.35. The van der Waals surface area contributed by atoms with Crippen molar-refractivity contribution in [2.24, 2.45) is 0 Å². The molecule has 0 aliphatic heterocycles. The number of nitrogens with zero attached hydrogens (tertiary/aromatic N) is 1. The van der Waals surface area contributed by atoms with Gasteiger partial charge in [0.1, 0.15) is 5.69 Å². The summed E-state index contributed by atoms with van der Waals surface area (Å²) < 4.78 is 30.9. The van der Waals surface area contributed by atoms with Gasteiger partial charge in [0, 0.05) is 17.7 Å². The minimum absolute atomic E-state index is 0.0962. The molecule has 0 spiro atoms. The van der Waals surface area contributed by atoms with E-state index in [2.05, 4.69) is 5.32 Å². The van der Waals surface area contributed by atoms with Gasteiger partial charge in [-0.25, -0.2) is 13.6 Å². The van der Waals surface area contributed by atoms with Gasteiger partial charge >= 0.3 is 5.97 Å². The molecule has 3 rings (SSSR count). The predicted octanol–water partition coefficient (Wildman–Crippen LogP) is 3.49. The van der Waals surface area contributed by atoms with Crippen LogP contribution in [0.3, 0.4) is 0 Å². The Balaban J connectivity index is 1.68. The van der Waals surface area contributed by atoms with Crippen LogP contribution < -0.4 is 5.32 Å². The smallest absolute Gasteiger partial charge is 0.338 e. The Morgan fingerprint density at radius 3 is 2.44 bits per heavy atom. The molecule has 9 heteroatoms. The lowest BCUT2D eigenvalue weighted by Crippen LogP contribution is -2.15. The topological polar surface area (TPSA) is 98.5 Å². The number of ether oxygens (including phenoxy) is 1. The number of ketones is 1. The first-order valence-corrected chi connectivity index (χ1v) is 8.05. The van der Waals surface area contributed by atoms with E-state index in [0.717, 1.165) is 31.0 Å². The third kappa shape index (κ3) is 4.43. The zero-order valence-electron chi connectivity index (χ0n) is 13.9. The fourth-order valence-electron chi connectivity index (χ4n) is 2.35.